The van der Waals surface area contributed by atoms with Crippen molar-refractivity contribution in [2.24, 2.45) is 5.92 Å². The van der Waals surface area contributed by atoms with E-state index in [1.54, 1.807) is 18.2 Å². The molecule has 154 valence electrons. The summed E-state index contributed by atoms with van der Waals surface area (Å²) in [5.41, 5.74) is 2.07. The first kappa shape index (κ1) is 20.1. The minimum atomic E-state index is -0.189. The molecule has 1 saturated heterocycles. The summed E-state index contributed by atoms with van der Waals surface area (Å²) in [6, 6.07) is 16.4. The van der Waals surface area contributed by atoms with Gasteiger partial charge in [-0.1, -0.05) is 42.5 Å². The van der Waals surface area contributed by atoms with Crippen LogP contribution in [0.2, 0.25) is 0 Å². The molecule has 2 N–H and O–H groups in total. The summed E-state index contributed by atoms with van der Waals surface area (Å²) < 4.78 is 0. The first-order valence-electron chi connectivity index (χ1n) is 9.94. The van der Waals surface area contributed by atoms with Crippen molar-refractivity contribution >= 4 is 28.8 Å². The third kappa shape index (κ3) is 4.21. The second kappa shape index (κ2) is 8.67. The van der Waals surface area contributed by atoms with Gasteiger partial charge in [0, 0.05) is 24.6 Å². The van der Waals surface area contributed by atoms with E-state index in [1.165, 1.54) is 17.4 Å². The average molecular weight is 422 g/mol. The van der Waals surface area contributed by atoms with E-state index < -0.39 is 0 Å². The second-order valence-electron chi connectivity index (χ2n) is 7.35. The van der Waals surface area contributed by atoms with Gasteiger partial charge in [-0.25, -0.2) is 4.98 Å². The normalized spacial score (nSPS) is 14.5. The zero-order valence-corrected chi connectivity index (χ0v) is 17.5. The molecule has 0 atom stereocenters. The van der Waals surface area contributed by atoms with E-state index in [-0.39, 0.29) is 23.5 Å². The Morgan fingerprint density at radius 3 is 2.43 bits per heavy atom. The standard InChI is InChI=1S/C23H23N3O3S/c1-15-24-20(16-7-3-2-4-8-16)21(30-15)23(29)26-13-11-17(12-14-26)22(28)25-18-9-5-6-10-19(18)27/h2-10,17,27H,11-14H2,1H3,(H,25,28). The summed E-state index contributed by atoms with van der Waals surface area (Å²) in [6.45, 7) is 2.94. The number of rotatable bonds is 4. The Morgan fingerprint density at radius 2 is 1.73 bits per heavy atom. The highest BCUT2D eigenvalue weighted by atomic mass is 32.1. The molecular formula is C23H23N3O3S. The van der Waals surface area contributed by atoms with Gasteiger partial charge in [-0.05, 0) is 31.9 Å². The number of aryl methyl sites for hydroxylation is 1. The van der Waals surface area contributed by atoms with E-state index >= 15 is 0 Å². The lowest BCUT2D eigenvalue weighted by Gasteiger charge is -2.31. The topological polar surface area (TPSA) is 82.5 Å². The number of aromatic hydroxyl groups is 1. The lowest BCUT2D eigenvalue weighted by atomic mass is 9.95. The van der Waals surface area contributed by atoms with Crippen molar-refractivity contribution in [1.82, 2.24) is 9.88 Å². The van der Waals surface area contributed by atoms with E-state index in [1.807, 2.05) is 42.2 Å². The molecule has 2 amide bonds. The Bertz CT molecular complexity index is 1060. The van der Waals surface area contributed by atoms with Crippen LogP contribution < -0.4 is 5.32 Å². The van der Waals surface area contributed by atoms with Gasteiger partial charge in [-0.15, -0.1) is 11.3 Å². The molecule has 1 aromatic heterocycles. The van der Waals surface area contributed by atoms with Crippen LogP contribution in [0.25, 0.3) is 11.3 Å². The second-order valence-corrected chi connectivity index (χ2v) is 8.55. The highest BCUT2D eigenvalue weighted by Gasteiger charge is 2.30. The molecular weight excluding hydrogens is 398 g/mol. The van der Waals surface area contributed by atoms with Crippen molar-refractivity contribution < 1.29 is 14.7 Å². The molecule has 0 bridgehead atoms. The van der Waals surface area contributed by atoms with Gasteiger partial charge in [0.25, 0.3) is 5.91 Å². The number of thiazole rings is 1. The van der Waals surface area contributed by atoms with Crippen molar-refractivity contribution in [2.45, 2.75) is 19.8 Å². The number of aromatic nitrogens is 1. The van der Waals surface area contributed by atoms with Crippen molar-refractivity contribution in [3.63, 3.8) is 0 Å². The molecule has 1 aliphatic heterocycles. The summed E-state index contributed by atoms with van der Waals surface area (Å²) in [7, 11) is 0. The average Bonchev–Trinajstić information content (AvgIpc) is 3.17. The predicted molar refractivity (Wildman–Crippen MR) is 118 cm³/mol. The van der Waals surface area contributed by atoms with Crippen LogP contribution in [0.5, 0.6) is 5.75 Å². The van der Waals surface area contributed by atoms with Gasteiger partial charge in [0.1, 0.15) is 10.6 Å². The van der Waals surface area contributed by atoms with Gasteiger partial charge < -0.3 is 15.3 Å². The minimum absolute atomic E-state index is 0.0287. The predicted octanol–water partition coefficient (Wildman–Crippen LogP) is 4.32. The molecule has 7 heteroatoms. The van der Waals surface area contributed by atoms with E-state index in [2.05, 4.69) is 10.3 Å². The van der Waals surface area contributed by atoms with Gasteiger partial charge >= 0.3 is 0 Å². The molecule has 0 unspecified atom stereocenters. The molecule has 6 nitrogen and oxygen atoms in total. The zero-order chi connectivity index (χ0) is 21.1. The molecule has 1 aliphatic rings. The summed E-state index contributed by atoms with van der Waals surface area (Å²) in [6.07, 6.45) is 1.17. The maximum absolute atomic E-state index is 13.2. The van der Waals surface area contributed by atoms with Crippen LogP contribution >= 0.6 is 11.3 Å². The Balaban J connectivity index is 1.42. The van der Waals surface area contributed by atoms with Gasteiger partial charge in [0.05, 0.1) is 16.4 Å². The number of amides is 2. The van der Waals surface area contributed by atoms with Crippen LogP contribution in [0.15, 0.2) is 54.6 Å². The molecule has 2 aromatic carbocycles. The number of carbonyl (C=O) groups is 2. The summed E-state index contributed by atoms with van der Waals surface area (Å²) in [4.78, 5) is 32.8. The van der Waals surface area contributed by atoms with Crippen LogP contribution in [0.3, 0.4) is 0 Å². The zero-order valence-electron chi connectivity index (χ0n) is 16.7. The molecule has 3 aromatic rings. The number of hydrogen-bond acceptors (Lipinski definition) is 5. The Kier molecular flexibility index (Phi) is 5.81. The maximum atomic E-state index is 13.2. The fourth-order valence-electron chi connectivity index (χ4n) is 3.67. The number of hydrogen-bond donors (Lipinski definition) is 2. The van der Waals surface area contributed by atoms with Gasteiger partial charge in [0.15, 0.2) is 0 Å². The maximum Gasteiger partial charge on any atom is 0.266 e. The smallest absolute Gasteiger partial charge is 0.266 e. The van der Waals surface area contributed by atoms with Crippen LogP contribution in [-0.2, 0) is 4.79 Å². The highest BCUT2D eigenvalue weighted by molar-refractivity contribution is 7.14. The summed E-state index contributed by atoms with van der Waals surface area (Å²) >= 11 is 1.41. The fraction of sp³-hybridized carbons (Fsp3) is 0.261. The highest BCUT2D eigenvalue weighted by Crippen LogP contribution is 2.31. The number of piperidine rings is 1. The van der Waals surface area contributed by atoms with Crippen LogP contribution in [0, 0.1) is 12.8 Å². The molecule has 0 spiro atoms. The molecule has 1 fully saturated rings. The number of carbonyl (C=O) groups excluding carboxylic acids is 2. The monoisotopic (exact) mass is 421 g/mol. The molecule has 0 saturated carbocycles. The molecule has 4 rings (SSSR count). The van der Waals surface area contributed by atoms with Crippen molar-refractivity contribution in [3.8, 4) is 17.0 Å². The van der Waals surface area contributed by atoms with E-state index in [4.69, 9.17) is 0 Å². The number of phenolic OH excluding ortho intramolecular Hbond substituents is 1. The first-order chi connectivity index (χ1) is 14.5. The molecule has 0 aliphatic carbocycles. The lowest BCUT2D eigenvalue weighted by molar-refractivity contribution is -0.121. The molecule has 30 heavy (non-hydrogen) atoms. The van der Waals surface area contributed by atoms with Crippen LogP contribution in [0.4, 0.5) is 5.69 Å². The summed E-state index contributed by atoms with van der Waals surface area (Å²) in [5.74, 6) is -0.292. The van der Waals surface area contributed by atoms with Gasteiger partial charge in [0.2, 0.25) is 5.91 Å². The van der Waals surface area contributed by atoms with Crippen LogP contribution in [0.1, 0.15) is 27.5 Å². The number of likely N-dealkylation sites (tertiary alicyclic amines) is 1. The third-order valence-corrected chi connectivity index (χ3v) is 6.25. The Morgan fingerprint density at radius 1 is 1.07 bits per heavy atom. The Hall–Kier alpha value is -3.19. The van der Waals surface area contributed by atoms with Crippen molar-refractivity contribution in [1.29, 1.82) is 0 Å². The number of benzene rings is 2. The summed E-state index contributed by atoms with van der Waals surface area (Å²) in [5, 5.41) is 13.5. The fourth-order valence-corrected chi connectivity index (χ4v) is 4.58. The number of nitrogens with zero attached hydrogens (tertiary/aromatic N) is 2. The quantitative estimate of drug-likeness (QED) is 0.615. The van der Waals surface area contributed by atoms with E-state index in [0.29, 0.717) is 36.5 Å². The SMILES string of the molecule is Cc1nc(-c2ccccc2)c(C(=O)N2CCC(C(=O)Nc3ccccc3O)CC2)s1. The van der Waals surface area contributed by atoms with Gasteiger partial charge in [-0.2, -0.15) is 0 Å². The third-order valence-electron chi connectivity index (χ3n) is 5.29. The number of anilines is 1. The largest absolute Gasteiger partial charge is 0.506 e. The lowest BCUT2D eigenvalue weighted by Crippen LogP contribution is -2.41. The number of para-hydroxylation sites is 2. The Labute approximate surface area is 179 Å². The van der Waals surface area contributed by atoms with Crippen molar-refractivity contribution in [3.05, 3.63) is 64.5 Å². The van der Waals surface area contributed by atoms with E-state index in [0.717, 1.165) is 16.3 Å². The molecule has 0 radical (unpaired) electrons. The van der Waals surface area contributed by atoms with Gasteiger partial charge in [-0.3, -0.25) is 9.59 Å². The number of nitrogens with one attached hydrogen (secondary N) is 1. The number of phenols is 1. The first-order valence-corrected chi connectivity index (χ1v) is 10.8. The minimum Gasteiger partial charge on any atom is -0.506 e. The van der Waals surface area contributed by atoms with Crippen LogP contribution in [-0.4, -0.2) is 39.9 Å². The van der Waals surface area contributed by atoms with E-state index in [9.17, 15) is 14.7 Å². The van der Waals surface area contributed by atoms with Crippen molar-refractivity contribution in [2.75, 3.05) is 18.4 Å². The molecule has 2 heterocycles.